The van der Waals surface area contributed by atoms with Crippen LogP contribution in [0.4, 0.5) is 10.1 Å². The lowest BCUT2D eigenvalue weighted by Crippen LogP contribution is -1.94. The lowest BCUT2D eigenvalue weighted by Gasteiger charge is -2.09. The number of hydrogen-bond donors (Lipinski definition) is 1. The van der Waals surface area contributed by atoms with Crippen molar-refractivity contribution in [1.29, 1.82) is 5.26 Å². The Hall–Kier alpha value is -2.06. The molecule has 2 rings (SSSR count). The standard InChI is InChI=1S/C14H10BrFN2O/c15-10-6-11(16)8-13(7-10)19-12-1-2-14(18)9(5-12)3-4-17/h1-2,5-8H,3,18H2. The fourth-order valence-electron chi connectivity index (χ4n) is 1.61. The van der Waals surface area contributed by atoms with Crippen LogP contribution in [0.1, 0.15) is 5.56 Å². The van der Waals surface area contributed by atoms with E-state index in [0.29, 0.717) is 27.2 Å². The summed E-state index contributed by atoms with van der Waals surface area (Å²) in [6, 6.07) is 11.3. The van der Waals surface area contributed by atoms with E-state index in [4.69, 9.17) is 15.7 Å². The molecule has 0 aromatic heterocycles. The third kappa shape index (κ3) is 3.46. The zero-order valence-corrected chi connectivity index (χ0v) is 11.4. The monoisotopic (exact) mass is 320 g/mol. The number of nitriles is 1. The van der Waals surface area contributed by atoms with E-state index in [0.717, 1.165) is 0 Å². The van der Waals surface area contributed by atoms with Crippen molar-refractivity contribution >= 4 is 21.6 Å². The van der Waals surface area contributed by atoms with Crippen molar-refractivity contribution in [3.63, 3.8) is 0 Å². The normalized spacial score (nSPS) is 9.95. The molecule has 19 heavy (non-hydrogen) atoms. The average Bonchev–Trinajstić information content (AvgIpc) is 2.32. The van der Waals surface area contributed by atoms with Crippen molar-refractivity contribution in [2.24, 2.45) is 0 Å². The fraction of sp³-hybridized carbons (Fsp3) is 0.0714. The molecule has 0 atom stereocenters. The third-order valence-electron chi connectivity index (χ3n) is 2.46. The van der Waals surface area contributed by atoms with E-state index < -0.39 is 5.82 Å². The number of rotatable bonds is 3. The van der Waals surface area contributed by atoms with Crippen LogP contribution in [0.15, 0.2) is 40.9 Å². The van der Waals surface area contributed by atoms with Crippen LogP contribution in [0, 0.1) is 17.1 Å². The Labute approximate surface area is 118 Å². The maximum Gasteiger partial charge on any atom is 0.131 e. The van der Waals surface area contributed by atoms with Crippen molar-refractivity contribution in [1.82, 2.24) is 0 Å². The molecule has 96 valence electrons. The molecule has 0 aliphatic rings. The lowest BCUT2D eigenvalue weighted by molar-refractivity contribution is 0.476. The number of benzene rings is 2. The minimum atomic E-state index is -0.392. The summed E-state index contributed by atoms with van der Waals surface area (Å²) >= 11 is 3.19. The van der Waals surface area contributed by atoms with Gasteiger partial charge in [0.2, 0.25) is 0 Å². The van der Waals surface area contributed by atoms with E-state index in [-0.39, 0.29) is 6.42 Å². The van der Waals surface area contributed by atoms with Crippen molar-refractivity contribution in [2.75, 3.05) is 5.73 Å². The molecule has 0 amide bonds. The molecule has 0 saturated heterocycles. The van der Waals surface area contributed by atoms with Gasteiger partial charge in [0, 0.05) is 16.2 Å². The summed E-state index contributed by atoms with van der Waals surface area (Å²) < 4.78 is 19.4. The van der Waals surface area contributed by atoms with Gasteiger partial charge in [-0.3, -0.25) is 0 Å². The molecule has 0 spiro atoms. The molecule has 2 N–H and O–H groups in total. The van der Waals surface area contributed by atoms with Gasteiger partial charge in [0.15, 0.2) is 0 Å². The van der Waals surface area contributed by atoms with Gasteiger partial charge in [0.05, 0.1) is 12.5 Å². The smallest absolute Gasteiger partial charge is 0.131 e. The lowest BCUT2D eigenvalue weighted by atomic mass is 10.1. The Morgan fingerprint density at radius 1 is 1.21 bits per heavy atom. The van der Waals surface area contributed by atoms with Crippen LogP contribution in [-0.4, -0.2) is 0 Å². The number of ether oxygens (including phenoxy) is 1. The van der Waals surface area contributed by atoms with Crippen LogP contribution in [-0.2, 0) is 6.42 Å². The highest BCUT2D eigenvalue weighted by molar-refractivity contribution is 9.10. The van der Waals surface area contributed by atoms with Gasteiger partial charge < -0.3 is 10.5 Å². The molecule has 2 aromatic carbocycles. The van der Waals surface area contributed by atoms with Crippen LogP contribution >= 0.6 is 15.9 Å². The van der Waals surface area contributed by atoms with Gasteiger partial charge in [-0.25, -0.2) is 4.39 Å². The summed E-state index contributed by atoms with van der Waals surface area (Å²) in [5, 5.41) is 8.70. The summed E-state index contributed by atoms with van der Waals surface area (Å²) in [6.07, 6.45) is 0.204. The first kappa shape index (κ1) is 13.4. The summed E-state index contributed by atoms with van der Waals surface area (Å²) in [7, 11) is 0. The fourth-order valence-corrected chi connectivity index (χ4v) is 2.05. The van der Waals surface area contributed by atoms with Crippen molar-refractivity contribution in [3.05, 3.63) is 52.3 Å². The van der Waals surface area contributed by atoms with E-state index >= 15 is 0 Å². The largest absolute Gasteiger partial charge is 0.457 e. The average molecular weight is 321 g/mol. The van der Waals surface area contributed by atoms with E-state index in [2.05, 4.69) is 15.9 Å². The summed E-state index contributed by atoms with van der Waals surface area (Å²) in [5.74, 6) is 0.494. The van der Waals surface area contributed by atoms with Crippen molar-refractivity contribution in [3.8, 4) is 17.6 Å². The molecule has 0 bridgehead atoms. The van der Waals surface area contributed by atoms with E-state index in [1.54, 1.807) is 24.3 Å². The first-order valence-electron chi connectivity index (χ1n) is 5.48. The second-order valence-electron chi connectivity index (χ2n) is 3.90. The number of nitrogens with zero attached hydrogens (tertiary/aromatic N) is 1. The number of anilines is 1. The Bertz CT molecular complexity index is 632. The molecule has 0 heterocycles. The molecule has 0 unspecified atom stereocenters. The highest BCUT2D eigenvalue weighted by Crippen LogP contribution is 2.28. The van der Waals surface area contributed by atoms with Gasteiger partial charge >= 0.3 is 0 Å². The van der Waals surface area contributed by atoms with Crippen LogP contribution in [0.3, 0.4) is 0 Å². The molecule has 0 saturated carbocycles. The minimum absolute atomic E-state index is 0.204. The molecular weight excluding hydrogens is 311 g/mol. The van der Waals surface area contributed by atoms with Gasteiger partial charge in [-0.1, -0.05) is 15.9 Å². The topological polar surface area (TPSA) is 59.0 Å². The Morgan fingerprint density at radius 3 is 2.68 bits per heavy atom. The molecule has 0 fully saturated rings. The first-order chi connectivity index (χ1) is 9.08. The quantitative estimate of drug-likeness (QED) is 0.868. The maximum atomic E-state index is 13.2. The Balaban J connectivity index is 2.28. The highest BCUT2D eigenvalue weighted by Gasteiger charge is 2.05. The van der Waals surface area contributed by atoms with Crippen LogP contribution in [0.2, 0.25) is 0 Å². The third-order valence-corrected chi connectivity index (χ3v) is 2.91. The van der Waals surface area contributed by atoms with Gasteiger partial charge in [-0.15, -0.1) is 0 Å². The number of halogens is 2. The van der Waals surface area contributed by atoms with Gasteiger partial charge in [-0.2, -0.15) is 5.26 Å². The van der Waals surface area contributed by atoms with Crippen LogP contribution < -0.4 is 10.5 Å². The molecule has 0 radical (unpaired) electrons. The number of nitrogen functional groups attached to an aromatic ring is 1. The van der Waals surface area contributed by atoms with Gasteiger partial charge in [0.25, 0.3) is 0 Å². The van der Waals surface area contributed by atoms with E-state index in [1.165, 1.54) is 12.1 Å². The highest BCUT2D eigenvalue weighted by atomic mass is 79.9. The summed E-state index contributed by atoms with van der Waals surface area (Å²) in [4.78, 5) is 0. The Kier molecular flexibility index (Phi) is 4.03. The van der Waals surface area contributed by atoms with Crippen LogP contribution in [0.5, 0.6) is 11.5 Å². The molecule has 3 nitrogen and oxygen atoms in total. The van der Waals surface area contributed by atoms with E-state index in [9.17, 15) is 4.39 Å². The Morgan fingerprint density at radius 2 is 2.00 bits per heavy atom. The van der Waals surface area contributed by atoms with E-state index in [1.807, 2.05) is 6.07 Å². The zero-order chi connectivity index (χ0) is 13.8. The predicted molar refractivity (Wildman–Crippen MR) is 74.3 cm³/mol. The second kappa shape index (κ2) is 5.72. The molecule has 2 aromatic rings. The van der Waals surface area contributed by atoms with Crippen molar-refractivity contribution in [2.45, 2.75) is 6.42 Å². The van der Waals surface area contributed by atoms with Crippen LogP contribution in [0.25, 0.3) is 0 Å². The molecular formula is C14H10BrFN2O. The maximum absolute atomic E-state index is 13.2. The zero-order valence-electron chi connectivity index (χ0n) is 9.86. The number of hydrogen-bond acceptors (Lipinski definition) is 3. The SMILES string of the molecule is N#CCc1cc(Oc2cc(F)cc(Br)c2)ccc1N. The summed E-state index contributed by atoms with van der Waals surface area (Å²) in [5.41, 5.74) is 6.97. The summed E-state index contributed by atoms with van der Waals surface area (Å²) in [6.45, 7) is 0. The predicted octanol–water partition coefficient (Wildman–Crippen LogP) is 4.03. The number of nitrogens with two attached hydrogens (primary N) is 1. The van der Waals surface area contributed by atoms with Gasteiger partial charge in [-0.05, 0) is 35.9 Å². The molecule has 0 aliphatic heterocycles. The van der Waals surface area contributed by atoms with Crippen molar-refractivity contribution < 1.29 is 9.13 Å². The molecule has 5 heteroatoms. The first-order valence-corrected chi connectivity index (χ1v) is 6.27. The second-order valence-corrected chi connectivity index (χ2v) is 4.82. The minimum Gasteiger partial charge on any atom is -0.457 e. The van der Waals surface area contributed by atoms with Gasteiger partial charge in [0.1, 0.15) is 17.3 Å². The molecule has 0 aliphatic carbocycles.